The van der Waals surface area contributed by atoms with Crippen LogP contribution in [0.3, 0.4) is 0 Å². The summed E-state index contributed by atoms with van der Waals surface area (Å²) in [4.78, 5) is 4.21. The summed E-state index contributed by atoms with van der Waals surface area (Å²) < 4.78 is 0. The standard InChI is InChI=1S/C10H9N2/c11-6-8-5-9-3-1-2-4-10(9)12-7-8/h4-5,7H,1-3H2. The smallest absolute Gasteiger partial charge is 0.101 e. The molecule has 12 heavy (non-hydrogen) atoms. The van der Waals surface area contributed by atoms with E-state index in [2.05, 4.69) is 17.5 Å². The molecule has 0 bridgehead atoms. The highest BCUT2D eigenvalue weighted by Gasteiger charge is 2.10. The Morgan fingerprint density at radius 1 is 1.50 bits per heavy atom. The molecule has 0 saturated carbocycles. The minimum absolute atomic E-state index is 0.670. The molecule has 0 fully saturated rings. The van der Waals surface area contributed by atoms with Crippen LogP contribution in [0.25, 0.3) is 0 Å². The molecule has 1 heterocycles. The highest BCUT2D eigenvalue weighted by atomic mass is 14.7. The summed E-state index contributed by atoms with van der Waals surface area (Å²) in [5.74, 6) is 0. The molecule has 59 valence electrons. The lowest BCUT2D eigenvalue weighted by Gasteiger charge is -2.13. The van der Waals surface area contributed by atoms with Crippen LogP contribution in [-0.2, 0) is 6.42 Å². The SMILES string of the molecule is N#Cc1cnc2c(c1)CCC[CH]2. The average molecular weight is 157 g/mol. The zero-order chi connectivity index (χ0) is 8.39. The molecule has 0 N–H and O–H groups in total. The lowest BCUT2D eigenvalue weighted by Crippen LogP contribution is -2.03. The number of aromatic nitrogens is 1. The van der Waals surface area contributed by atoms with Crippen molar-refractivity contribution in [3.63, 3.8) is 0 Å². The van der Waals surface area contributed by atoms with Gasteiger partial charge in [-0.3, -0.25) is 4.98 Å². The van der Waals surface area contributed by atoms with Gasteiger partial charge in [0.1, 0.15) is 6.07 Å². The summed E-state index contributed by atoms with van der Waals surface area (Å²) in [6.45, 7) is 0. The number of hydrogen-bond acceptors (Lipinski definition) is 2. The fourth-order valence-corrected chi connectivity index (χ4v) is 1.50. The van der Waals surface area contributed by atoms with Gasteiger partial charge in [-0.25, -0.2) is 0 Å². The van der Waals surface area contributed by atoms with Gasteiger partial charge in [-0.05, 0) is 30.9 Å². The molecule has 2 rings (SSSR count). The minimum atomic E-state index is 0.670. The van der Waals surface area contributed by atoms with Gasteiger partial charge in [0, 0.05) is 18.3 Å². The largest absolute Gasteiger partial charge is 0.259 e. The molecule has 1 aromatic rings. The number of rotatable bonds is 0. The van der Waals surface area contributed by atoms with Crippen molar-refractivity contribution in [2.45, 2.75) is 19.3 Å². The molecule has 1 aliphatic rings. The second-order valence-corrected chi connectivity index (χ2v) is 2.98. The fraction of sp³-hybridized carbons (Fsp3) is 0.300. The molecule has 1 aliphatic carbocycles. The monoisotopic (exact) mass is 157 g/mol. The van der Waals surface area contributed by atoms with Crippen LogP contribution in [0.2, 0.25) is 0 Å². The number of aryl methyl sites for hydroxylation is 1. The van der Waals surface area contributed by atoms with Gasteiger partial charge in [-0.1, -0.05) is 0 Å². The van der Waals surface area contributed by atoms with Crippen LogP contribution in [0.1, 0.15) is 29.7 Å². The Morgan fingerprint density at radius 3 is 3.25 bits per heavy atom. The van der Waals surface area contributed by atoms with E-state index in [0.717, 1.165) is 18.5 Å². The predicted octanol–water partition coefficient (Wildman–Crippen LogP) is 1.84. The third kappa shape index (κ3) is 1.18. The van der Waals surface area contributed by atoms with Gasteiger partial charge in [0.05, 0.1) is 5.56 Å². The highest BCUT2D eigenvalue weighted by molar-refractivity contribution is 5.37. The summed E-state index contributed by atoms with van der Waals surface area (Å²) in [5, 5.41) is 8.64. The van der Waals surface area contributed by atoms with E-state index < -0.39 is 0 Å². The number of pyridine rings is 1. The van der Waals surface area contributed by atoms with Crippen molar-refractivity contribution in [1.82, 2.24) is 4.98 Å². The van der Waals surface area contributed by atoms with E-state index >= 15 is 0 Å². The molecule has 1 radical (unpaired) electrons. The van der Waals surface area contributed by atoms with E-state index in [4.69, 9.17) is 5.26 Å². The Bertz CT molecular complexity index is 336. The molecular formula is C10H9N2. The Morgan fingerprint density at radius 2 is 2.42 bits per heavy atom. The molecule has 0 spiro atoms. The minimum Gasteiger partial charge on any atom is -0.259 e. The van der Waals surface area contributed by atoms with Crippen LogP contribution in [-0.4, -0.2) is 4.98 Å². The zero-order valence-corrected chi connectivity index (χ0v) is 6.75. The van der Waals surface area contributed by atoms with Crippen molar-refractivity contribution in [2.24, 2.45) is 0 Å². The molecule has 2 nitrogen and oxygen atoms in total. The number of nitrogens with zero attached hydrogens (tertiary/aromatic N) is 2. The number of fused-ring (bicyclic) bond motifs is 1. The predicted molar refractivity (Wildman–Crippen MR) is 45.3 cm³/mol. The van der Waals surface area contributed by atoms with Gasteiger partial charge >= 0.3 is 0 Å². The molecule has 0 aromatic carbocycles. The quantitative estimate of drug-likeness (QED) is 0.576. The van der Waals surface area contributed by atoms with Crippen LogP contribution in [0.5, 0.6) is 0 Å². The van der Waals surface area contributed by atoms with Crippen LogP contribution in [0.15, 0.2) is 12.3 Å². The molecule has 2 heteroatoms. The molecule has 1 aromatic heterocycles. The van der Waals surface area contributed by atoms with E-state index in [0.29, 0.717) is 5.56 Å². The zero-order valence-electron chi connectivity index (χ0n) is 6.75. The van der Waals surface area contributed by atoms with E-state index in [1.165, 1.54) is 12.0 Å². The van der Waals surface area contributed by atoms with Gasteiger partial charge in [-0.2, -0.15) is 5.26 Å². The topological polar surface area (TPSA) is 36.7 Å². The Balaban J connectivity index is 2.44. The second kappa shape index (κ2) is 2.94. The van der Waals surface area contributed by atoms with Crippen molar-refractivity contribution in [1.29, 1.82) is 5.26 Å². The maximum Gasteiger partial charge on any atom is 0.101 e. The Kier molecular flexibility index (Phi) is 1.79. The van der Waals surface area contributed by atoms with Gasteiger partial charge < -0.3 is 0 Å². The molecule has 0 aliphatic heterocycles. The first-order valence-corrected chi connectivity index (χ1v) is 4.12. The van der Waals surface area contributed by atoms with Crippen molar-refractivity contribution in [3.05, 3.63) is 35.5 Å². The van der Waals surface area contributed by atoms with E-state index in [9.17, 15) is 0 Å². The molecular weight excluding hydrogens is 148 g/mol. The van der Waals surface area contributed by atoms with Crippen LogP contribution in [0, 0.1) is 17.8 Å². The first kappa shape index (κ1) is 7.30. The van der Waals surface area contributed by atoms with Crippen LogP contribution in [0.4, 0.5) is 0 Å². The number of nitriles is 1. The second-order valence-electron chi connectivity index (χ2n) is 2.98. The summed E-state index contributed by atoms with van der Waals surface area (Å²) in [6.07, 6.45) is 7.14. The maximum absolute atomic E-state index is 8.64. The van der Waals surface area contributed by atoms with Gasteiger partial charge in [-0.15, -0.1) is 0 Å². The van der Waals surface area contributed by atoms with E-state index in [1.54, 1.807) is 6.20 Å². The molecule has 0 saturated heterocycles. The molecule has 0 atom stereocenters. The van der Waals surface area contributed by atoms with Gasteiger partial charge in [0.2, 0.25) is 0 Å². The van der Waals surface area contributed by atoms with Crippen molar-refractivity contribution in [2.75, 3.05) is 0 Å². The van der Waals surface area contributed by atoms with Crippen LogP contribution >= 0.6 is 0 Å². The third-order valence-electron chi connectivity index (χ3n) is 2.12. The van der Waals surface area contributed by atoms with Crippen molar-refractivity contribution < 1.29 is 0 Å². The Hall–Kier alpha value is -1.36. The normalized spacial score (nSPS) is 14.9. The lowest BCUT2D eigenvalue weighted by atomic mass is 9.95. The molecule has 0 unspecified atom stereocenters. The first-order chi connectivity index (χ1) is 5.90. The van der Waals surface area contributed by atoms with Crippen molar-refractivity contribution in [3.8, 4) is 6.07 Å². The fourth-order valence-electron chi connectivity index (χ4n) is 1.50. The maximum atomic E-state index is 8.64. The van der Waals surface area contributed by atoms with Crippen molar-refractivity contribution >= 4 is 0 Å². The highest BCUT2D eigenvalue weighted by Crippen LogP contribution is 2.20. The Labute approximate surface area is 71.9 Å². The van der Waals surface area contributed by atoms with Gasteiger partial charge in [0.15, 0.2) is 0 Å². The summed E-state index contributed by atoms with van der Waals surface area (Å²) in [7, 11) is 0. The van der Waals surface area contributed by atoms with Crippen LogP contribution < -0.4 is 0 Å². The lowest BCUT2D eigenvalue weighted by molar-refractivity contribution is 0.759. The van der Waals surface area contributed by atoms with Gasteiger partial charge in [0.25, 0.3) is 0 Å². The molecule has 0 amide bonds. The van der Waals surface area contributed by atoms with E-state index in [-0.39, 0.29) is 0 Å². The average Bonchev–Trinajstić information content (AvgIpc) is 2.17. The third-order valence-corrected chi connectivity index (χ3v) is 2.12. The summed E-state index contributed by atoms with van der Waals surface area (Å²) >= 11 is 0. The van der Waals surface area contributed by atoms with E-state index in [1.807, 2.05) is 6.07 Å². The first-order valence-electron chi connectivity index (χ1n) is 4.12. The number of hydrogen-bond donors (Lipinski definition) is 0. The summed E-state index contributed by atoms with van der Waals surface area (Å²) in [5.41, 5.74) is 2.96. The summed E-state index contributed by atoms with van der Waals surface area (Å²) in [6, 6.07) is 4.04.